The molecular weight excluding hydrogens is 615 g/mol. The smallest absolute Gasteiger partial charge is 0.400 e. The van der Waals surface area contributed by atoms with Gasteiger partial charge in [-0.3, -0.25) is 0 Å². The molecule has 4 rings (SSSR count). The van der Waals surface area contributed by atoms with E-state index in [1.807, 2.05) is 6.92 Å². The van der Waals surface area contributed by atoms with Gasteiger partial charge < -0.3 is 14.9 Å². The minimum atomic E-state index is -4.21. The molecule has 0 spiro atoms. The Morgan fingerprint density at radius 3 is 2.17 bits per heavy atom. The number of aliphatic hydroxyl groups is 1. The van der Waals surface area contributed by atoms with Gasteiger partial charge in [-0.1, -0.05) is 61.8 Å². The van der Waals surface area contributed by atoms with Gasteiger partial charge in [-0.15, -0.1) is 0 Å². The molecule has 0 radical (unpaired) electrons. The summed E-state index contributed by atoms with van der Waals surface area (Å²) in [5.41, 5.74) is -0.635. The molecule has 0 aromatic heterocycles. The fraction of sp³-hybridized carbons (Fsp3) is 0.973. The van der Waals surface area contributed by atoms with E-state index in [0.717, 1.165) is 32.1 Å². The Kier molecular flexibility index (Phi) is 11.2. The SMILES string of the molecule is CC[C@@H]1C2C[C@H](O[Si](C)(C)C(C)(C)C)CC[C@]2(C)C2CC[C@@]3(C)C(CCC3[C@H](C)CCOS(=O)(=O)OC(C)(CC)C(C)=N)C2[C@@H]1O. The average molecular weight is 684 g/mol. The van der Waals surface area contributed by atoms with E-state index >= 15 is 0 Å². The van der Waals surface area contributed by atoms with Crippen molar-refractivity contribution >= 4 is 24.4 Å². The van der Waals surface area contributed by atoms with Crippen molar-refractivity contribution in [1.82, 2.24) is 0 Å². The maximum Gasteiger partial charge on any atom is 0.400 e. The van der Waals surface area contributed by atoms with E-state index in [1.54, 1.807) is 13.8 Å². The van der Waals surface area contributed by atoms with E-state index in [9.17, 15) is 13.5 Å². The third-order valence-electron chi connectivity index (χ3n) is 15.0. The van der Waals surface area contributed by atoms with Crippen LogP contribution in [0.3, 0.4) is 0 Å². The van der Waals surface area contributed by atoms with Gasteiger partial charge in [0.25, 0.3) is 0 Å². The zero-order valence-corrected chi connectivity index (χ0v) is 33.2. The van der Waals surface area contributed by atoms with Gasteiger partial charge in [0.05, 0.1) is 12.7 Å². The Morgan fingerprint density at radius 1 is 1.00 bits per heavy atom. The summed E-state index contributed by atoms with van der Waals surface area (Å²) >= 11 is 0. The number of rotatable bonds is 12. The highest BCUT2D eigenvalue weighted by atomic mass is 32.3. The van der Waals surface area contributed by atoms with Crippen molar-refractivity contribution in [2.75, 3.05) is 6.61 Å². The number of hydrogen-bond acceptors (Lipinski definition) is 7. The number of hydrogen-bond donors (Lipinski definition) is 2. The monoisotopic (exact) mass is 683 g/mol. The van der Waals surface area contributed by atoms with Crippen molar-refractivity contribution in [3.63, 3.8) is 0 Å². The summed E-state index contributed by atoms with van der Waals surface area (Å²) in [6.45, 7) is 26.4. The second kappa shape index (κ2) is 13.4. The van der Waals surface area contributed by atoms with Crippen LogP contribution in [0.4, 0.5) is 0 Å². The van der Waals surface area contributed by atoms with Gasteiger partial charge in [0.1, 0.15) is 5.60 Å². The Bertz CT molecular complexity index is 1200. The lowest BCUT2D eigenvalue weighted by molar-refractivity contribution is -0.202. The van der Waals surface area contributed by atoms with E-state index in [0.29, 0.717) is 60.4 Å². The molecule has 0 aromatic rings. The van der Waals surface area contributed by atoms with Crippen molar-refractivity contribution in [2.24, 2.45) is 52.3 Å². The second-order valence-corrected chi connectivity index (χ2v) is 24.2. The first-order chi connectivity index (χ1) is 21.1. The maximum atomic E-state index is 12.7. The lowest BCUT2D eigenvalue weighted by Gasteiger charge is -2.65. The highest BCUT2D eigenvalue weighted by Gasteiger charge is 2.65. The fourth-order valence-electron chi connectivity index (χ4n) is 10.8. The molecule has 268 valence electrons. The van der Waals surface area contributed by atoms with E-state index in [-0.39, 0.29) is 34.3 Å². The zero-order valence-electron chi connectivity index (χ0n) is 31.4. The molecule has 0 aliphatic heterocycles. The highest BCUT2D eigenvalue weighted by molar-refractivity contribution is 7.81. The van der Waals surface area contributed by atoms with Crippen LogP contribution in [0.15, 0.2) is 0 Å². The molecular formula is C37H69NO6SSi. The topological polar surface area (TPSA) is 106 Å². The van der Waals surface area contributed by atoms with Crippen molar-refractivity contribution in [1.29, 1.82) is 5.41 Å². The van der Waals surface area contributed by atoms with Crippen LogP contribution in [-0.4, -0.2) is 52.0 Å². The van der Waals surface area contributed by atoms with E-state index in [1.165, 1.54) is 19.3 Å². The summed E-state index contributed by atoms with van der Waals surface area (Å²) < 4.78 is 43.0. The first-order valence-corrected chi connectivity index (χ1v) is 22.8. The number of nitrogens with one attached hydrogen (secondary N) is 1. The van der Waals surface area contributed by atoms with Gasteiger partial charge in [-0.05, 0) is 142 Å². The molecule has 0 saturated heterocycles. The van der Waals surface area contributed by atoms with E-state index in [2.05, 4.69) is 61.6 Å². The summed E-state index contributed by atoms with van der Waals surface area (Å²) in [5.74, 6) is 2.97. The van der Waals surface area contributed by atoms with Crippen LogP contribution in [0.1, 0.15) is 133 Å². The first kappa shape index (κ1) is 38.5. The van der Waals surface area contributed by atoms with Crippen molar-refractivity contribution in [3.8, 4) is 0 Å². The summed E-state index contributed by atoms with van der Waals surface area (Å²) in [6, 6.07) is 0. The van der Waals surface area contributed by atoms with Crippen LogP contribution < -0.4 is 0 Å². The molecule has 4 fully saturated rings. The van der Waals surface area contributed by atoms with Crippen LogP contribution in [0.5, 0.6) is 0 Å². The summed E-state index contributed by atoms with van der Waals surface area (Å²) in [5, 5.41) is 20.4. The zero-order chi connectivity index (χ0) is 34.7. The molecule has 6 unspecified atom stereocenters. The third kappa shape index (κ3) is 6.99. The molecule has 46 heavy (non-hydrogen) atoms. The largest absolute Gasteiger partial charge is 0.414 e. The molecule has 4 saturated carbocycles. The minimum Gasteiger partial charge on any atom is -0.414 e. The van der Waals surface area contributed by atoms with Crippen LogP contribution in [0, 0.1) is 57.7 Å². The molecule has 0 bridgehead atoms. The molecule has 12 atom stereocenters. The molecule has 4 aliphatic carbocycles. The fourth-order valence-corrected chi connectivity index (χ4v) is 13.2. The van der Waals surface area contributed by atoms with Crippen LogP contribution in [-0.2, 0) is 23.2 Å². The predicted molar refractivity (Wildman–Crippen MR) is 190 cm³/mol. The summed E-state index contributed by atoms with van der Waals surface area (Å²) in [7, 11) is -6.07. The standard InChI is InChI=1S/C37H69NO6SSi/c1-13-27-31-23-26(43-46(11,12)34(5,6)7)17-20-36(31,9)30-18-21-35(8)28(15-16-29(35)32(30)33(27)39)24(3)19-22-42-45(40,41)44-37(10,14-2)25(4)38/h24,26-33,38-39H,13-23H2,1-12H3/t24-,26-,27-,28?,29?,30?,31?,32?,33-,35-,36-,37?/m1/s1. The quantitative estimate of drug-likeness (QED) is 0.157. The second-order valence-electron chi connectivity index (χ2n) is 18.3. The molecule has 0 heterocycles. The lowest BCUT2D eigenvalue weighted by Crippen LogP contribution is -2.62. The van der Waals surface area contributed by atoms with Crippen molar-refractivity contribution in [2.45, 2.75) is 169 Å². The van der Waals surface area contributed by atoms with Gasteiger partial charge in [0, 0.05) is 11.8 Å². The molecule has 0 aromatic carbocycles. The maximum absolute atomic E-state index is 12.7. The molecule has 9 heteroatoms. The molecule has 2 N–H and O–H groups in total. The van der Waals surface area contributed by atoms with Crippen LogP contribution in [0.25, 0.3) is 0 Å². The Hall–Kier alpha value is -0.323. The van der Waals surface area contributed by atoms with E-state index < -0.39 is 24.3 Å². The van der Waals surface area contributed by atoms with Crippen molar-refractivity contribution in [3.05, 3.63) is 0 Å². The average Bonchev–Trinajstić information content (AvgIpc) is 3.30. The lowest BCUT2D eigenvalue weighted by atomic mass is 9.41. The first-order valence-electron chi connectivity index (χ1n) is 18.6. The van der Waals surface area contributed by atoms with Crippen LogP contribution >= 0.6 is 0 Å². The Morgan fingerprint density at radius 2 is 1.61 bits per heavy atom. The predicted octanol–water partition coefficient (Wildman–Crippen LogP) is 9.16. The van der Waals surface area contributed by atoms with E-state index in [4.69, 9.17) is 18.2 Å². The van der Waals surface area contributed by atoms with Gasteiger partial charge in [-0.25, -0.2) is 8.37 Å². The normalized spacial score (nSPS) is 40.4. The molecule has 0 amide bonds. The Labute approximate surface area is 283 Å². The third-order valence-corrected chi connectivity index (χ3v) is 20.5. The number of aliphatic hydroxyl groups excluding tert-OH is 1. The number of fused-ring (bicyclic) bond motifs is 5. The molecule has 4 aliphatic rings. The van der Waals surface area contributed by atoms with Crippen LogP contribution in [0.2, 0.25) is 18.1 Å². The summed E-state index contributed by atoms with van der Waals surface area (Å²) in [6.07, 6.45) is 10.1. The van der Waals surface area contributed by atoms with Gasteiger partial charge in [0.15, 0.2) is 8.32 Å². The molecule has 7 nitrogen and oxygen atoms in total. The Balaban J connectivity index is 1.46. The van der Waals surface area contributed by atoms with Gasteiger partial charge in [-0.2, -0.15) is 8.42 Å². The minimum absolute atomic E-state index is 0.0854. The summed E-state index contributed by atoms with van der Waals surface area (Å²) in [4.78, 5) is 0. The van der Waals surface area contributed by atoms with Gasteiger partial charge >= 0.3 is 10.4 Å². The highest BCUT2D eigenvalue weighted by Crippen LogP contribution is 2.69. The van der Waals surface area contributed by atoms with Crippen molar-refractivity contribution < 1.29 is 26.3 Å². The van der Waals surface area contributed by atoms with Gasteiger partial charge in [0.2, 0.25) is 0 Å².